The Kier molecular flexibility index (Phi) is 5.57. The molecule has 13 heavy (non-hydrogen) atoms. The number of rotatable bonds is 5. The molecule has 0 heterocycles. The first kappa shape index (κ1) is 12.9. The molecule has 0 saturated heterocycles. The second-order valence-corrected chi connectivity index (χ2v) is 10.4. The number of hydrogen-bond acceptors (Lipinski definition) is 1. The van der Waals surface area contributed by atoms with Gasteiger partial charge in [0.15, 0.2) is 0 Å². The van der Waals surface area contributed by atoms with Crippen LogP contribution in [0.4, 0.5) is 0 Å². The second kappa shape index (κ2) is 5.61. The lowest BCUT2D eigenvalue weighted by molar-refractivity contribution is 0.152. The van der Waals surface area contributed by atoms with Crippen LogP contribution in [0.15, 0.2) is 11.8 Å². The van der Waals surface area contributed by atoms with Crippen molar-refractivity contribution < 1.29 is 5.11 Å². The SMILES string of the molecule is CC(C)CC(O)C/C=C/[Si](C)(C)C. The van der Waals surface area contributed by atoms with E-state index in [4.69, 9.17) is 0 Å². The lowest BCUT2D eigenvalue weighted by Gasteiger charge is -2.12. The van der Waals surface area contributed by atoms with E-state index in [0.29, 0.717) is 5.92 Å². The summed E-state index contributed by atoms with van der Waals surface area (Å²) in [5, 5.41) is 9.58. The maximum absolute atomic E-state index is 9.58. The molecular formula is C11H24OSi. The van der Waals surface area contributed by atoms with E-state index in [2.05, 4.69) is 45.3 Å². The van der Waals surface area contributed by atoms with E-state index in [1.54, 1.807) is 0 Å². The van der Waals surface area contributed by atoms with E-state index < -0.39 is 8.07 Å². The minimum atomic E-state index is -1.06. The Balaban J connectivity index is 3.70. The summed E-state index contributed by atoms with van der Waals surface area (Å²) < 4.78 is 0. The predicted molar refractivity (Wildman–Crippen MR) is 62.6 cm³/mol. The molecule has 1 atom stereocenters. The molecule has 1 unspecified atom stereocenters. The molecule has 78 valence electrons. The third kappa shape index (κ3) is 9.83. The number of aliphatic hydroxyl groups excluding tert-OH is 1. The van der Waals surface area contributed by atoms with Crippen molar-refractivity contribution in [3.8, 4) is 0 Å². The summed E-state index contributed by atoms with van der Waals surface area (Å²) in [5.41, 5.74) is 2.30. The quantitative estimate of drug-likeness (QED) is 0.676. The van der Waals surface area contributed by atoms with Gasteiger partial charge in [-0.2, -0.15) is 0 Å². The smallest absolute Gasteiger partial charge is 0.0682 e. The fraction of sp³-hybridized carbons (Fsp3) is 0.818. The van der Waals surface area contributed by atoms with Crippen LogP contribution in [0, 0.1) is 5.92 Å². The Labute approximate surface area is 83.9 Å². The normalized spacial score (nSPS) is 15.6. The topological polar surface area (TPSA) is 20.2 Å². The van der Waals surface area contributed by atoms with Gasteiger partial charge in [0.25, 0.3) is 0 Å². The fourth-order valence-electron chi connectivity index (χ4n) is 1.22. The number of hydrogen-bond donors (Lipinski definition) is 1. The second-order valence-electron chi connectivity index (χ2n) is 5.29. The third-order valence-electron chi connectivity index (χ3n) is 1.77. The summed E-state index contributed by atoms with van der Waals surface area (Å²) in [6, 6.07) is 0. The zero-order valence-electron chi connectivity index (χ0n) is 9.67. The van der Waals surface area contributed by atoms with Gasteiger partial charge in [0.1, 0.15) is 0 Å². The van der Waals surface area contributed by atoms with Gasteiger partial charge in [-0.05, 0) is 18.8 Å². The molecule has 2 heteroatoms. The molecule has 0 aromatic rings. The molecule has 1 N–H and O–H groups in total. The molecule has 0 bridgehead atoms. The average Bonchev–Trinajstić information content (AvgIpc) is 1.81. The van der Waals surface area contributed by atoms with Gasteiger partial charge in [0, 0.05) is 0 Å². The van der Waals surface area contributed by atoms with Crippen LogP contribution in [0.5, 0.6) is 0 Å². The van der Waals surface area contributed by atoms with E-state index in [1.165, 1.54) is 0 Å². The van der Waals surface area contributed by atoms with Crippen molar-refractivity contribution >= 4 is 8.07 Å². The van der Waals surface area contributed by atoms with Crippen molar-refractivity contribution in [1.29, 1.82) is 0 Å². The van der Waals surface area contributed by atoms with E-state index >= 15 is 0 Å². The van der Waals surface area contributed by atoms with Crippen LogP contribution in [0.3, 0.4) is 0 Å². The van der Waals surface area contributed by atoms with Crippen molar-refractivity contribution in [2.75, 3.05) is 0 Å². The summed E-state index contributed by atoms with van der Waals surface area (Å²) in [6.07, 6.45) is 3.74. The summed E-state index contributed by atoms with van der Waals surface area (Å²) >= 11 is 0. The fourth-order valence-corrected chi connectivity index (χ4v) is 2.06. The number of aliphatic hydroxyl groups is 1. The van der Waals surface area contributed by atoms with Crippen LogP contribution in [-0.2, 0) is 0 Å². The van der Waals surface area contributed by atoms with Gasteiger partial charge in [0.05, 0.1) is 14.2 Å². The molecule has 0 aliphatic rings. The highest BCUT2D eigenvalue weighted by Crippen LogP contribution is 2.09. The largest absolute Gasteiger partial charge is 0.393 e. The van der Waals surface area contributed by atoms with Gasteiger partial charge < -0.3 is 5.11 Å². The van der Waals surface area contributed by atoms with Gasteiger partial charge in [-0.25, -0.2) is 0 Å². The zero-order chi connectivity index (χ0) is 10.5. The molecule has 0 saturated carbocycles. The molecule has 1 nitrogen and oxygen atoms in total. The molecule has 0 aromatic heterocycles. The monoisotopic (exact) mass is 200 g/mol. The molecule has 0 aliphatic heterocycles. The molecule has 0 aliphatic carbocycles. The molecule has 0 radical (unpaired) electrons. The van der Waals surface area contributed by atoms with Crippen LogP contribution in [-0.4, -0.2) is 19.3 Å². The third-order valence-corrected chi connectivity index (χ3v) is 3.01. The van der Waals surface area contributed by atoms with E-state index in [0.717, 1.165) is 12.8 Å². The van der Waals surface area contributed by atoms with Crippen LogP contribution in [0.2, 0.25) is 19.6 Å². The van der Waals surface area contributed by atoms with E-state index in [-0.39, 0.29) is 6.10 Å². The van der Waals surface area contributed by atoms with Crippen molar-refractivity contribution in [2.45, 2.75) is 52.4 Å². The van der Waals surface area contributed by atoms with Crippen LogP contribution in [0.25, 0.3) is 0 Å². The first-order chi connectivity index (χ1) is 5.81. The summed E-state index contributed by atoms with van der Waals surface area (Å²) in [4.78, 5) is 0. The van der Waals surface area contributed by atoms with Gasteiger partial charge in [-0.15, -0.1) is 0 Å². The Morgan fingerprint density at radius 1 is 1.23 bits per heavy atom. The van der Waals surface area contributed by atoms with Gasteiger partial charge >= 0.3 is 0 Å². The Hall–Kier alpha value is -0.0831. The van der Waals surface area contributed by atoms with Crippen LogP contribution >= 0.6 is 0 Å². The summed E-state index contributed by atoms with van der Waals surface area (Å²) in [7, 11) is -1.06. The minimum absolute atomic E-state index is 0.146. The average molecular weight is 200 g/mol. The molecule has 0 spiro atoms. The van der Waals surface area contributed by atoms with Crippen molar-refractivity contribution in [3.05, 3.63) is 11.8 Å². The Morgan fingerprint density at radius 2 is 1.77 bits per heavy atom. The molecule has 0 amide bonds. The lowest BCUT2D eigenvalue weighted by atomic mass is 10.0. The maximum atomic E-state index is 9.58. The predicted octanol–water partition coefficient (Wildman–Crippen LogP) is 3.22. The zero-order valence-corrected chi connectivity index (χ0v) is 10.7. The highest BCUT2D eigenvalue weighted by molar-refractivity contribution is 6.80. The lowest BCUT2D eigenvalue weighted by Crippen LogP contribution is -2.16. The molecule has 0 aromatic carbocycles. The van der Waals surface area contributed by atoms with Crippen molar-refractivity contribution in [2.24, 2.45) is 5.92 Å². The van der Waals surface area contributed by atoms with E-state index in [1.807, 2.05) is 0 Å². The Bertz CT molecular complexity index is 156. The molecular weight excluding hydrogens is 176 g/mol. The first-order valence-corrected chi connectivity index (χ1v) is 8.75. The van der Waals surface area contributed by atoms with Gasteiger partial charge in [0.2, 0.25) is 0 Å². The van der Waals surface area contributed by atoms with Crippen LogP contribution < -0.4 is 0 Å². The standard InChI is InChI=1S/C11H24OSi/c1-10(2)9-11(12)7-6-8-13(3,4)5/h6,8,10-12H,7,9H2,1-5H3/b8-6+. The van der Waals surface area contributed by atoms with E-state index in [9.17, 15) is 5.11 Å². The van der Waals surface area contributed by atoms with Gasteiger partial charge in [-0.1, -0.05) is 45.3 Å². The molecule has 0 rings (SSSR count). The minimum Gasteiger partial charge on any atom is -0.393 e. The maximum Gasteiger partial charge on any atom is 0.0682 e. The highest BCUT2D eigenvalue weighted by Gasteiger charge is 2.08. The van der Waals surface area contributed by atoms with Crippen LogP contribution in [0.1, 0.15) is 26.7 Å². The molecule has 0 fully saturated rings. The summed E-state index contributed by atoms with van der Waals surface area (Å²) in [5.74, 6) is 0.593. The first-order valence-electron chi connectivity index (χ1n) is 5.17. The summed E-state index contributed by atoms with van der Waals surface area (Å²) in [6.45, 7) is 11.2. The highest BCUT2D eigenvalue weighted by atomic mass is 28.3. The van der Waals surface area contributed by atoms with Crippen molar-refractivity contribution in [3.63, 3.8) is 0 Å². The Morgan fingerprint density at radius 3 is 2.15 bits per heavy atom. The van der Waals surface area contributed by atoms with Crippen molar-refractivity contribution in [1.82, 2.24) is 0 Å². The van der Waals surface area contributed by atoms with Gasteiger partial charge in [-0.3, -0.25) is 0 Å².